The number of fused-ring (bicyclic) bond motifs is 3. The summed E-state index contributed by atoms with van der Waals surface area (Å²) < 4.78 is 5.18. The first-order chi connectivity index (χ1) is 12.1. The molecule has 0 saturated carbocycles. The van der Waals surface area contributed by atoms with Gasteiger partial charge in [-0.25, -0.2) is 4.98 Å². The van der Waals surface area contributed by atoms with Crippen molar-refractivity contribution in [2.75, 3.05) is 7.11 Å². The van der Waals surface area contributed by atoms with Crippen LogP contribution in [-0.4, -0.2) is 23.8 Å². The molecule has 126 valence electrons. The molecule has 4 rings (SSSR count). The van der Waals surface area contributed by atoms with Crippen LogP contribution >= 0.6 is 11.3 Å². The topological polar surface area (TPSA) is 63.6 Å². The van der Waals surface area contributed by atoms with E-state index in [4.69, 9.17) is 4.74 Å². The van der Waals surface area contributed by atoms with Crippen LogP contribution in [0.1, 0.15) is 32.1 Å². The van der Waals surface area contributed by atoms with E-state index in [2.05, 4.69) is 28.3 Å². The van der Waals surface area contributed by atoms with E-state index in [-0.39, 0.29) is 5.91 Å². The lowest BCUT2D eigenvalue weighted by atomic mass is 10.1. The van der Waals surface area contributed by atoms with E-state index in [1.165, 1.54) is 10.9 Å². The molecule has 3 aromatic rings. The van der Waals surface area contributed by atoms with E-state index in [1.54, 1.807) is 36.6 Å². The van der Waals surface area contributed by atoms with Crippen molar-refractivity contribution in [1.29, 1.82) is 0 Å². The number of carbonyl (C=O) groups excluding carboxylic acids is 1. The Hall–Kier alpha value is -2.73. The van der Waals surface area contributed by atoms with Crippen LogP contribution in [0.2, 0.25) is 0 Å². The standard InChI is InChI=1S/C19H17N3O2S/c1-10-7-11(2)21-19-15(10)14-9-20-17(16(14)25-19)22-18(23)12-5-4-6-13(8-12)24-3/h4-8H,9H2,1-3H3,(H,20,22,23). The number of benzene rings is 1. The fraction of sp³-hybridized carbons (Fsp3) is 0.211. The van der Waals surface area contributed by atoms with Gasteiger partial charge in [-0.05, 0) is 43.7 Å². The zero-order chi connectivity index (χ0) is 17.6. The number of hydrogen-bond acceptors (Lipinski definition) is 5. The van der Waals surface area contributed by atoms with Crippen LogP contribution in [0.5, 0.6) is 5.75 Å². The molecule has 5 nitrogen and oxygen atoms in total. The number of pyridine rings is 1. The number of nitrogens with one attached hydrogen (secondary N) is 1. The second kappa shape index (κ2) is 5.97. The highest BCUT2D eigenvalue weighted by atomic mass is 32.1. The molecule has 1 amide bonds. The van der Waals surface area contributed by atoms with Crippen LogP contribution in [0.15, 0.2) is 35.3 Å². The Morgan fingerprint density at radius 2 is 2.12 bits per heavy atom. The average molecular weight is 351 g/mol. The van der Waals surface area contributed by atoms with Gasteiger partial charge in [0, 0.05) is 22.2 Å². The van der Waals surface area contributed by atoms with Gasteiger partial charge in [-0.2, -0.15) is 0 Å². The Morgan fingerprint density at radius 3 is 2.92 bits per heavy atom. The van der Waals surface area contributed by atoms with Gasteiger partial charge < -0.3 is 10.1 Å². The van der Waals surface area contributed by atoms with E-state index >= 15 is 0 Å². The lowest BCUT2D eigenvalue weighted by Gasteiger charge is -2.06. The molecular weight excluding hydrogens is 334 g/mol. The number of hydrogen-bond donors (Lipinski definition) is 1. The number of rotatable bonds is 2. The SMILES string of the molecule is COc1cccc(C(=O)NC2=NCc3c2sc2nc(C)cc(C)c32)c1. The van der Waals surface area contributed by atoms with Crippen molar-refractivity contribution in [2.45, 2.75) is 20.4 Å². The first kappa shape index (κ1) is 15.8. The minimum absolute atomic E-state index is 0.191. The summed E-state index contributed by atoms with van der Waals surface area (Å²) in [5, 5.41) is 4.10. The van der Waals surface area contributed by atoms with Gasteiger partial charge in [-0.15, -0.1) is 11.3 Å². The monoisotopic (exact) mass is 351 g/mol. The van der Waals surface area contributed by atoms with Gasteiger partial charge in [0.2, 0.25) is 0 Å². The maximum absolute atomic E-state index is 12.6. The lowest BCUT2D eigenvalue weighted by molar-refractivity contribution is 0.0977. The zero-order valence-corrected chi connectivity index (χ0v) is 15.0. The fourth-order valence-corrected chi connectivity index (χ4v) is 4.40. The molecule has 0 aliphatic carbocycles. The third-order valence-electron chi connectivity index (χ3n) is 4.26. The maximum Gasteiger partial charge on any atom is 0.256 e. The minimum Gasteiger partial charge on any atom is -0.497 e. The Bertz CT molecular complexity index is 1040. The van der Waals surface area contributed by atoms with Gasteiger partial charge in [0.15, 0.2) is 0 Å². The number of amides is 1. The molecule has 2 aromatic heterocycles. The molecule has 0 unspecified atom stereocenters. The number of nitrogens with zero attached hydrogens (tertiary/aromatic N) is 2. The van der Waals surface area contributed by atoms with Crippen LogP contribution < -0.4 is 10.1 Å². The molecule has 6 heteroatoms. The molecule has 25 heavy (non-hydrogen) atoms. The van der Waals surface area contributed by atoms with Crippen LogP contribution in [0.3, 0.4) is 0 Å². The van der Waals surface area contributed by atoms with E-state index < -0.39 is 0 Å². The van der Waals surface area contributed by atoms with Gasteiger partial charge in [0.25, 0.3) is 5.91 Å². The number of ether oxygens (including phenoxy) is 1. The summed E-state index contributed by atoms with van der Waals surface area (Å²) in [6, 6.07) is 9.16. The van der Waals surface area contributed by atoms with Gasteiger partial charge in [0.1, 0.15) is 16.4 Å². The van der Waals surface area contributed by atoms with E-state index in [0.29, 0.717) is 23.7 Å². The van der Waals surface area contributed by atoms with Gasteiger partial charge in [-0.1, -0.05) is 6.07 Å². The highest BCUT2D eigenvalue weighted by Crippen LogP contribution is 2.36. The number of amidine groups is 1. The zero-order valence-electron chi connectivity index (χ0n) is 14.2. The third-order valence-corrected chi connectivity index (χ3v) is 5.39. The molecule has 3 heterocycles. The largest absolute Gasteiger partial charge is 0.497 e. The molecule has 0 fully saturated rings. The maximum atomic E-state index is 12.6. The van der Waals surface area contributed by atoms with Crippen molar-refractivity contribution in [1.82, 2.24) is 10.3 Å². The van der Waals surface area contributed by atoms with Crippen molar-refractivity contribution >= 4 is 33.3 Å². The molecule has 1 N–H and O–H groups in total. The highest BCUT2D eigenvalue weighted by Gasteiger charge is 2.25. The van der Waals surface area contributed by atoms with Crippen molar-refractivity contribution in [2.24, 2.45) is 4.99 Å². The molecular formula is C19H17N3O2S. The first-order valence-corrected chi connectivity index (χ1v) is 8.78. The first-order valence-electron chi connectivity index (χ1n) is 7.96. The number of carbonyl (C=O) groups is 1. The summed E-state index contributed by atoms with van der Waals surface area (Å²) in [6.07, 6.45) is 0. The number of aliphatic imine (C=N–C) groups is 1. The second-order valence-electron chi connectivity index (χ2n) is 6.02. The third kappa shape index (κ3) is 2.68. The molecule has 1 aliphatic rings. The van der Waals surface area contributed by atoms with Gasteiger partial charge in [-0.3, -0.25) is 9.79 Å². The van der Waals surface area contributed by atoms with E-state index in [1.807, 2.05) is 13.0 Å². The van der Waals surface area contributed by atoms with Crippen molar-refractivity contribution in [3.05, 3.63) is 57.6 Å². The quantitative estimate of drug-likeness (QED) is 0.767. The predicted molar refractivity (Wildman–Crippen MR) is 99.8 cm³/mol. The van der Waals surface area contributed by atoms with Crippen LogP contribution in [0.4, 0.5) is 0 Å². The fourth-order valence-electron chi connectivity index (χ4n) is 3.13. The van der Waals surface area contributed by atoms with Gasteiger partial charge >= 0.3 is 0 Å². The Kier molecular flexibility index (Phi) is 3.77. The summed E-state index contributed by atoms with van der Waals surface area (Å²) in [7, 11) is 1.58. The predicted octanol–water partition coefficient (Wildman–Crippen LogP) is 3.61. The Labute approximate surface area is 149 Å². The molecule has 1 aliphatic heterocycles. The number of thiophene rings is 1. The summed E-state index contributed by atoms with van der Waals surface area (Å²) in [6.45, 7) is 4.67. The molecule has 1 aromatic carbocycles. The molecule has 0 atom stereocenters. The summed E-state index contributed by atoms with van der Waals surface area (Å²) >= 11 is 1.59. The van der Waals surface area contributed by atoms with Crippen LogP contribution in [-0.2, 0) is 6.54 Å². The smallest absolute Gasteiger partial charge is 0.256 e. The average Bonchev–Trinajstić information content (AvgIpc) is 3.14. The van der Waals surface area contributed by atoms with E-state index in [9.17, 15) is 4.79 Å². The van der Waals surface area contributed by atoms with Crippen molar-refractivity contribution < 1.29 is 9.53 Å². The minimum atomic E-state index is -0.191. The Morgan fingerprint density at radius 1 is 1.28 bits per heavy atom. The lowest BCUT2D eigenvalue weighted by Crippen LogP contribution is -2.29. The summed E-state index contributed by atoms with van der Waals surface area (Å²) in [5.74, 6) is 1.09. The van der Waals surface area contributed by atoms with Crippen molar-refractivity contribution in [3.63, 3.8) is 0 Å². The van der Waals surface area contributed by atoms with Gasteiger partial charge in [0.05, 0.1) is 18.5 Å². The molecule has 0 saturated heterocycles. The number of aryl methyl sites for hydroxylation is 2. The molecule has 0 radical (unpaired) electrons. The normalized spacial score (nSPS) is 12.8. The van der Waals surface area contributed by atoms with Crippen LogP contribution in [0, 0.1) is 13.8 Å². The number of aromatic nitrogens is 1. The second-order valence-corrected chi connectivity index (χ2v) is 7.02. The van der Waals surface area contributed by atoms with Crippen molar-refractivity contribution in [3.8, 4) is 5.75 Å². The van der Waals surface area contributed by atoms with Crippen LogP contribution in [0.25, 0.3) is 10.2 Å². The molecule has 0 bridgehead atoms. The van der Waals surface area contributed by atoms with E-state index in [0.717, 1.165) is 21.0 Å². The summed E-state index contributed by atoms with van der Waals surface area (Å²) in [4.78, 5) is 23.7. The highest BCUT2D eigenvalue weighted by molar-refractivity contribution is 7.20. The number of methoxy groups -OCH3 is 1. The Balaban J connectivity index is 1.66. The molecule has 0 spiro atoms. The summed E-state index contributed by atoms with van der Waals surface area (Å²) in [5.41, 5.74) is 3.91.